The lowest BCUT2D eigenvalue weighted by Crippen LogP contribution is -2.10. The normalized spacial score (nSPS) is 41.2. The summed E-state index contributed by atoms with van der Waals surface area (Å²) in [5.41, 5.74) is 5.59. The summed E-state index contributed by atoms with van der Waals surface area (Å²) in [6, 6.07) is 0. The van der Waals surface area contributed by atoms with Crippen LogP contribution in [0.15, 0.2) is 0 Å². The van der Waals surface area contributed by atoms with Crippen molar-refractivity contribution < 1.29 is 0 Å². The fraction of sp³-hybridized carbons (Fsp3) is 1.00. The Morgan fingerprint density at radius 2 is 1.83 bits per heavy atom. The van der Waals surface area contributed by atoms with Gasteiger partial charge < -0.3 is 5.73 Å². The summed E-state index contributed by atoms with van der Waals surface area (Å²) in [5, 5.41) is 0. The average Bonchev–Trinajstić information content (AvgIpc) is 2.74. The van der Waals surface area contributed by atoms with Gasteiger partial charge in [0.05, 0.1) is 0 Å². The van der Waals surface area contributed by atoms with Gasteiger partial charge in [-0.3, -0.25) is 0 Å². The first-order chi connectivity index (χ1) is 5.90. The van der Waals surface area contributed by atoms with Crippen molar-refractivity contribution in [2.45, 2.75) is 44.9 Å². The van der Waals surface area contributed by atoms with Crippen molar-refractivity contribution in [1.82, 2.24) is 0 Å². The second kappa shape index (κ2) is 3.78. The van der Waals surface area contributed by atoms with Gasteiger partial charge in [-0.2, -0.15) is 0 Å². The van der Waals surface area contributed by atoms with Crippen LogP contribution in [0.5, 0.6) is 0 Å². The van der Waals surface area contributed by atoms with E-state index in [2.05, 4.69) is 0 Å². The van der Waals surface area contributed by atoms with Crippen LogP contribution in [0, 0.1) is 17.8 Å². The predicted molar refractivity (Wildman–Crippen MR) is 51.8 cm³/mol. The van der Waals surface area contributed by atoms with Gasteiger partial charge in [0.25, 0.3) is 0 Å². The molecule has 2 saturated carbocycles. The van der Waals surface area contributed by atoms with E-state index < -0.39 is 0 Å². The molecule has 3 atom stereocenters. The summed E-state index contributed by atoms with van der Waals surface area (Å²) in [7, 11) is 0. The molecule has 2 rings (SSSR count). The smallest absolute Gasteiger partial charge is 0.00746 e. The highest BCUT2D eigenvalue weighted by atomic mass is 14.5. The molecule has 0 bridgehead atoms. The molecule has 0 aliphatic heterocycles. The number of rotatable bonds is 2. The highest BCUT2D eigenvalue weighted by Gasteiger charge is 2.37. The van der Waals surface area contributed by atoms with Crippen molar-refractivity contribution in [3.05, 3.63) is 0 Å². The monoisotopic (exact) mass is 167 g/mol. The Hall–Kier alpha value is -0.0400. The van der Waals surface area contributed by atoms with Gasteiger partial charge in [0.15, 0.2) is 0 Å². The zero-order chi connectivity index (χ0) is 8.39. The molecule has 0 saturated heterocycles. The zero-order valence-corrected chi connectivity index (χ0v) is 7.97. The molecule has 3 unspecified atom stereocenters. The van der Waals surface area contributed by atoms with E-state index in [0.29, 0.717) is 0 Å². The lowest BCUT2D eigenvalue weighted by Gasteiger charge is -2.18. The minimum absolute atomic E-state index is 0.902. The first-order valence-corrected chi connectivity index (χ1v) is 5.60. The number of hydrogen-bond donors (Lipinski definition) is 1. The average molecular weight is 167 g/mol. The maximum atomic E-state index is 5.59. The number of nitrogens with two attached hydrogens (primary N) is 1. The van der Waals surface area contributed by atoms with Gasteiger partial charge in [0.1, 0.15) is 0 Å². The molecule has 2 fully saturated rings. The molecule has 0 radical (unpaired) electrons. The summed E-state index contributed by atoms with van der Waals surface area (Å²) < 4.78 is 0. The van der Waals surface area contributed by atoms with Crippen LogP contribution in [0.2, 0.25) is 0 Å². The molecule has 2 N–H and O–H groups in total. The highest BCUT2D eigenvalue weighted by Crippen LogP contribution is 2.48. The van der Waals surface area contributed by atoms with Crippen molar-refractivity contribution in [2.75, 3.05) is 6.54 Å². The van der Waals surface area contributed by atoms with Crippen molar-refractivity contribution in [1.29, 1.82) is 0 Å². The fourth-order valence-electron chi connectivity index (χ4n) is 2.80. The second-order valence-corrected chi connectivity index (χ2v) is 4.71. The maximum absolute atomic E-state index is 5.59. The summed E-state index contributed by atoms with van der Waals surface area (Å²) in [5.74, 6) is 3.24. The highest BCUT2D eigenvalue weighted by molar-refractivity contribution is 4.88. The first-order valence-electron chi connectivity index (χ1n) is 5.60. The fourth-order valence-corrected chi connectivity index (χ4v) is 2.80. The summed E-state index contributed by atoms with van der Waals surface area (Å²) >= 11 is 0. The van der Waals surface area contributed by atoms with Gasteiger partial charge >= 0.3 is 0 Å². The van der Waals surface area contributed by atoms with Gasteiger partial charge in [-0.25, -0.2) is 0 Å². The lowest BCUT2D eigenvalue weighted by molar-refractivity contribution is 0.354. The van der Waals surface area contributed by atoms with Gasteiger partial charge in [-0.15, -0.1) is 0 Å². The number of hydrogen-bond acceptors (Lipinski definition) is 1. The molecule has 0 aromatic rings. The minimum Gasteiger partial charge on any atom is -0.330 e. The van der Waals surface area contributed by atoms with Crippen LogP contribution in [-0.4, -0.2) is 6.54 Å². The van der Waals surface area contributed by atoms with Crippen molar-refractivity contribution in [3.8, 4) is 0 Å². The molecular formula is C11H21N. The Morgan fingerprint density at radius 3 is 2.67 bits per heavy atom. The van der Waals surface area contributed by atoms with E-state index in [1.807, 2.05) is 0 Å². The van der Waals surface area contributed by atoms with E-state index in [1.54, 1.807) is 6.42 Å². The quantitative estimate of drug-likeness (QED) is 0.672. The summed E-state index contributed by atoms with van der Waals surface area (Å²) in [6.45, 7) is 0.902. The Morgan fingerprint density at radius 1 is 1.00 bits per heavy atom. The van der Waals surface area contributed by atoms with E-state index in [9.17, 15) is 0 Å². The zero-order valence-electron chi connectivity index (χ0n) is 7.97. The van der Waals surface area contributed by atoms with E-state index in [-0.39, 0.29) is 0 Å². The largest absolute Gasteiger partial charge is 0.330 e. The van der Waals surface area contributed by atoms with Crippen LogP contribution in [0.25, 0.3) is 0 Å². The molecule has 0 heterocycles. The van der Waals surface area contributed by atoms with Gasteiger partial charge in [-0.1, -0.05) is 25.7 Å². The van der Waals surface area contributed by atoms with E-state index in [0.717, 1.165) is 24.3 Å². The Balaban J connectivity index is 1.76. The maximum Gasteiger partial charge on any atom is -0.00746 e. The SMILES string of the molecule is NCCC1CCCC2CC2CC1. The molecule has 2 aliphatic carbocycles. The molecule has 0 amide bonds. The van der Waals surface area contributed by atoms with Crippen LogP contribution in [0.1, 0.15) is 44.9 Å². The second-order valence-electron chi connectivity index (χ2n) is 4.71. The Labute approximate surface area is 75.7 Å². The van der Waals surface area contributed by atoms with Crippen molar-refractivity contribution >= 4 is 0 Å². The van der Waals surface area contributed by atoms with Crippen LogP contribution in [0.4, 0.5) is 0 Å². The third-order valence-electron chi connectivity index (χ3n) is 3.78. The lowest BCUT2D eigenvalue weighted by atomic mass is 9.89. The molecule has 0 aromatic carbocycles. The van der Waals surface area contributed by atoms with E-state index in [1.165, 1.54) is 38.5 Å². The van der Waals surface area contributed by atoms with Gasteiger partial charge in [0, 0.05) is 0 Å². The van der Waals surface area contributed by atoms with Crippen molar-refractivity contribution in [3.63, 3.8) is 0 Å². The third-order valence-corrected chi connectivity index (χ3v) is 3.78. The van der Waals surface area contributed by atoms with Crippen LogP contribution in [0.3, 0.4) is 0 Å². The third kappa shape index (κ3) is 2.01. The van der Waals surface area contributed by atoms with Crippen LogP contribution in [-0.2, 0) is 0 Å². The Kier molecular flexibility index (Phi) is 2.69. The molecular weight excluding hydrogens is 146 g/mol. The van der Waals surface area contributed by atoms with Gasteiger partial charge in [-0.05, 0) is 43.6 Å². The number of fused-ring (bicyclic) bond motifs is 1. The van der Waals surface area contributed by atoms with Crippen LogP contribution >= 0.6 is 0 Å². The van der Waals surface area contributed by atoms with E-state index in [4.69, 9.17) is 5.73 Å². The Bertz CT molecular complexity index is 144. The summed E-state index contributed by atoms with van der Waals surface area (Å²) in [6.07, 6.45) is 10.3. The predicted octanol–water partition coefficient (Wildman–Crippen LogP) is 2.55. The standard InChI is InChI=1S/C11H21N/c12-7-6-9-2-1-3-10-8-11(10)5-4-9/h9-11H,1-8,12H2. The molecule has 1 heteroatoms. The molecule has 1 nitrogen and oxygen atoms in total. The topological polar surface area (TPSA) is 26.0 Å². The van der Waals surface area contributed by atoms with E-state index >= 15 is 0 Å². The molecule has 0 spiro atoms. The van der Waals surface area contributed by atoms with Crippen LogP contribution < -0.4 is 5.73 Å². The first kappa shape index (κ1) is 8.55. The van der Waals surface area contributed by atoms with Gasteiger partial charge in [0.2, 0.25) is 0 Å². The minimum atomic E-state index is 0.902. The molecule has 0 aromatic heterocycles. The molecule has 70 valence electrons. The molecule has 2 aliphatic rings. The molecule has 12 heavy (non-hydrogen) atoms. The summed E-state index contributed by atoms with van der Waals surface area (Å²) in [4.78, 5) is 0. The van der Waals surface area contributed by atoms with Crippen molar-refractivity contribution in [2.24, 2.45) is 23.5 Å².